The van der Waals surface area contributed by atoms with Gasteiger partial charge in [0, 0.05) is 50.5 Å². The van der Waals surface area contributed by atoms with E-state index in [1.807, 2.05) is 0 Å². The third-order valence-electron chi connectivity index (χ3n) is 5.26. The van der Waals surface area contributed by atoms with E-state index in [2.05, 4.69) is 16.8 Å². The monoisotopic (exact) mass is 326 g/mol. The molecule has 0 radical (unpaired) electrons. The number of likely N-dealkylation sites (N-methyl/N-ethyl adjacent to an activating group) is 1. The van der Waals surface area contributed by atoms with Crippen molar-refractivity contribution in [2.75, 3.05) is 47.0 Å². The van der Waals surface area contributed by atoms with Gasteiger partial charge in [-0.1, -0.05) is 0 Å². The van der Waals surface area contributed by atoms with Crippen LogP contribution in [0.25, 0.3) is 0 Å². The Labute approximate surface area is 136 Å². The quantitative estimate of drug-likeness (QED) is 0.851. The van der Waals surface area contributed by atoms with Crippen molar-refractivity contribution in [1.82, 2.24) is 9.80 Å². The van der Waals surface area contributed by atoms with E-state index in [1.165, 1.54) is 13.2 Å². The van der Waals surface area contributed by atoms with Crippen molar-refractivity contribution in [2.24, 2.45) is 0 Å². The van der Waals surface area contributed by atoms with Gasteiger partial charge in [-0.2, -0.15) is 0 Å². The maximum Gasteiger partial charge on any atom is 0.167 e. The molecule has 0 aromatic heterocycles. The van der Waals surface area contributed by atoms with Crippen LogP contribution in [-0.2, 0) is 11.3 Å². The molecule has 1 spiro atoms. The molecule has 3 rings (SSSR count). The summed E-state index contributed by atoms with van der Waals surface area (Å²) in [5.74, 6) is -1.22. The molecular formula is C17H24F2N2O2. The number of hydrogen-bond acceptors (Lipinski definition) is 4. The third-order valence-corrected chi connectivity index (χ3v) is 5.26. The highest BCUT2D eigenvalue weighted by atomic mass is 19.2. The zero-order chi connectivity index (χ0) is 16.4. The van der Waals surface area contributed by atoms with Gasteiger partial charge >= 0.3 is 0 Å². The van der Waals surface area contributed by atoms with Crippen LogP contribution in [0.15, 0.2) is 12.1 Å². The van der Waals surface area contributed by atoms with E-state index < -0.39 is 11.6 Å². The van der Waals surface area contributed by atoms with Crippen LogP contribution in [0.1, 0.15) is 18.4 Å². The Balaban J connectivity index is 1.80. The van der Waals surface area contributed by atoms with E-state index in [0.717, 1.165) is 51.8 Å². The molecule has 0 bridgehead atoms. The van der Waals surface area contributed by atoms with Crippen LogP contribution < -0.4 is 4.74 Å². The highest BCUT2D eigenvalue weighted by Crippen LogP contribution is 2.33. The average Bonchev–Trinajstić information content (AvgIpc) is 2.56. The van der Waals surface area contributed by atoms with Gasteiger partial charge < -0.3 is 9.47 Å². The minimum Gasteiger partial charge on any atom is -0.496 e. The summed E-state index contributed by atoms with van der Waals surface area (Å²) in [6.45, 7) is 4.47. The second kappa shape index (κ2) is 6.71. The van der Waals surface area contributed by atoms with Gasteiger partial charge in [-0.25, -0.2) is 8.78 Å². The lowest BCUT2D eigenvalue weighted by Gasteiger charge is -2.51. The lowest BCUT2D eigenvalue weighted by Crippen LogP contribution is -2.62. The van der Waals surface area contributed by atoms with E-state index in [1.54, 1.807) is 0 Å². The minimum absolute atomic E-state index is 0.0769. The fourth-order valence-electron chi connectivity index (χ4n) is 3.71. The Morgan fingerprint density at radius 3 is 2.65 bits per heavy atom. The number of nitrogens with zero attached hydrogens (tertiary/aromatic N) is 2. The largest absolute Gasteiger partial charge is 0.496 e. The number of methoxy groups -OCH3 is 1. The first-order valence-corrected chi connectivity index (χ1v) is 8.08. The molecule has 1 aromatic carbocycles. The summed E-state index contributed by atoms with van der Waals surface area (Å²) in [5, 5.41) is 0. The van der Waals surface area contributed by atoms with Crippen LogP contribution in [0.4, 0.5) is 8.78 Å². The van der Waals surface area contributed by atoms with E-state index in [4.69, 9.17) is 9.47 Å². The molecule has 0 N–H and O–H groups in total. The summed E-state index contributed by atoms with van der Waals surface area (Å²) in [6, 6.07) is 2.61. The summed E-state index contributed by atoms with van der Waals surface area (Å²) in [7, 11) is 3.63. The zero-order valence-electron chi connectivity index (χ0n) is 13.8. The topological polar surface area (TPSA) is 24.9 Å². The molecule has 23 heavy (non-hydrogen) atoms. The molecule has 128 valence electrons. The highest BCUT2D eigenvalue weighted by Gasteiger charge is 2.41. The summed E-state index contributed by atoms with van der Waals surface area (Å²) in [4.78, 5) is 4.59. The second-order valence-corrected chi connectivity index (χ2v) is 6.51. The van der Waals surface area contributed by atoms with Crippen LogP contribution in [0.5, 0.6) is 5.75 Å². The summed E-state index contributed by atoms with van der Waals surface area (Å²) >= 11 is 0. The standard InChI is InChI=1S/C17H24F2N2O2/c1-20-7-8-21(12-17(20)5-9-23-10-6-17)11-13-15(22-2)4-3-14(18)16(13)19/h3-4H,5-12H2,1-2H3. The van der Waals surface area contributed by atoms with E-state index in [9.17, 15) is 8.78 Å². The Bertz CT molecular complexity index is 562. The normalized spacial score (nSPS) is 22.4. The molecule has 0 saturated carbocycles. The predicted molar refractivity (Wildman–Crippen MR) is 83.6 cm³/mol. The molecule has 4 nitrogen and oxygen atoms in total. The second-order valence-electron chi connectivity index (χ2n) is 6.51. The number of benzene rings is 1. The maximum absolute atomic E-state index is 14.2. The Kier molecular flexibility index (Phi) is 4.85. The SMILES string of the molecule is COc1ccc(F)c(F)c1CN1CCN(C)C2(CCOCC2)C1. The van der Waals surface area contributed by atoms with E-state index in [-0.39, 0.29) is 5.54 Å². The molecule has 0 aliphatic carbocycles. The van der Waals surface area contributed by atoms with Crippen LogP contribution >= 0.6 is 0 Å². The molecule has 6 heteroatoms. The number of halogens is 2. The Hall–Kier alpha value is -1.24. The molecule has 0 atom stereocenters. The smallest absolute Gasteiger partial charge is 0.167 e. The van der Waals surface area contributed by atoms with E-state index >= 15 is 0 Å². The molecule has 2 saturated heterocycles. The van der Waals surface area contributed by atoms with Crippen molar-refractivity contribution < 1.29 is 18.3 Å². The first-order valence-electron chi connectivity index (χ1n) is 8.08. The van der Waals surface area contributed by atoms with Gasteiger partial charge in [0.05, 0.1) is 7.11 Å². The van der Waals surface area contributed by atoms with Crippen molar-refractivity contribution in [2.45, 2.75) is 24.9 Å². The maximum atomic E-state index is 14.2. The molecule has 2 fully saturated rings. The summed E-state index contributed by atoms with van der Waals surface area (Å²) in [6.07, 6.45) is 1.95. The molecule has 2 heterocycles. The minimum atomic E-state index is -0.823. The lowest BCUT2D eigenvalue weighted by atomic mass is 9.86. The van der Waals surface area contributed by atoms with Crippen LogP contribution in [0, 0.1) is 11.6 Å². The number of hydrogen-bond donors (Lipinski definition) is 0. The molecule has 0 unspecified atom stereocenters. The first kappa shape index (κ1) is 16.6. The molecular weight excluding hydrogens is 302 g/mol. The van der Waals surface area contributed by atoms with Gasteiger partial charge in [0.25, 0.3) is 0 Å². The molecule has 2 aliphatic heterocycles. The van der Waals surface area contributed by atoms with Gasteiger partial charge in [0.15, 0.2) is 11.6 Å². The Morgan fingerprint density at radius 1 is 1.22 bits per heavy atom. The first-order chi connectivity index (χ1) is 11.1. The van der Waals surface area contributed by atoms with Crippen molar-refractivity contribution >= 4 is 0 Å². The van der Waals surface area contributed by atoms with Gasteiger partial charge in [0.2, 0.25) is 0 Å². The van der Waals surface area contributed by atoms with Crippen molar-refractivity contribution in [3.63, 3.8) is 0 Å². The van der Waals surface area contributed by atoms with Crippen molar-refractivity contribution in [1.29, 1.82) is 0 Å². The van der Waals surface area contributed by atoms with Gasteiger partial charge in [0.1, 0.15) is 5.75 Å². The summed E-state index contributed by atoms with van der Waals surface area (Å²) < 4.78 is 38.5. The third kappa shape index (κ3) is 3.20. The number of ether oxygens (including phenoxy) is 2. The van der Waals surface area contributed by atoms with E-state index in [0.29, 0.717) is 17.9 Å². The zero-order valence-corrected chi connectivity index (χ0v) is 13.8. The molecule has 2 aliphatic rings. The number of piperazine rings is 1. The van der Waals surface area contributed by atoms with Gasteiger partial charge in [-0.3, -0.25) is 9.80 Å². The average molecular weight is 326 g/mol. The number of rotatable bonds is 3. The van der Waals surface area contributed by atoms with Crippen molar-refractivity contribution in [3.05, 3.63) is 29.3 Å². The molecule has 0 amide bonds. The van der Waals surface area contributed by atoms with Crippen LogP contribution in [0.2, 0.25) is 0 Å². The van der Waals surface area contributed by atoms with Crippen LogP contribution in [-0.4, -0.2) is 62.3 Å². The fraction of sp³-hybridized carbons (Fsp3) is 0.647. The van der Waals surface area contributed by atoms with Crippen LogP contribution in [0.3, 0.4) is 0 Å². The lowest BCUT2D eigenvalue weighted by molar-refractivity contribution is -0.0628. The highest BCUT2D eigenvalue weighted by molar-refractivity contribution is 5.35. The fourth-order valence-corrected chi connectivity index (χ4v) is 3.71. The van der Waals surface area contributed by atoms with Crippen molar-refractivity contribution in [3.8, 4) is 5.75 Å². The molecule has 1 aromatic rings. The predicted octanol–water partition coefficient (Wildman–Crippen LogP) is 2.27. The summed E-state index contributed by atoms with van der Waals surface area (Å²) in [5.41, 5.74) is 0.382. The van der Waals surface area contributed by atoms with Gasteiger partial charge in [-0.05, 0) is 32.0 Å². The van der Waals surface area contributed by atoms with Gasteiger partial charge in [-0.15, -0.1) is 0 Å². The Morgan fingerprint density at radius 2 is 1.96 bits per heavy atom.